The van der Waals surface area contributed by atoms with Crippen LogP contribution in [0.2, 0.25) is 0 Å². The molecule has 0 amide bonds. The fourth-order valence-corrected chi connectivity index (χ4v) is 7.79. The molecule has 0 saturated carbocycles. The van der Waals surface area contributed by atoms with Crippen molar-refractivity contribution < 1.29 is 57.0 Å². The molecule has 0 bridgehead atoms. The number of esters is 2. The quantitative estimate of drug-likeness (QED) is 0.0148. The number of halogens is 3. The Morgan fingerprint density at radius 3 is 1.54 bits per heavy atom. The van der Waals surface area contributed by atoms with Crippen LogP contribution in [-0.2, 0) is 78.6 Å². The van der Waals surface area contributed by atoms with Gasteiger partial charge in [0.25, 0.3) is 3.79 Å². The van der Waals surface area contributed by atoms with Gasteiger partial charge in [-0.3, -0.25) is 5.41 Å². The maximum atomic E-state index is 14.0. The van der Waals surface area contributed by atoms with E-state index in [9.17, 15) is 15.1 Å². The van der Waals surface area contributed by atoms with E-state index < -0.39 is 89.6 Å². The van der Waals surface area contributed by atoms with E-state index >= 15 is 0 Å². The Labute approximate surface area is 413 Å². The molecule has 2 aliphatic rings. The third kappa shape index (κ3) is 14.3. The zero-order chi connectivity index (χ0) is 48.6. The summed E-state index contributed by atoms with van der Waals surface area (Å²) in [5.41, 5.74) is 13.5. The molecule has 2 fully saturated rings. The second-order valence-electron chi connectivity index (χ2n) is 15.7. The number of nitrogens with zero attached hydrogens (tertiary/aromatic N) is 3. The van der Waals surface area contributed by atoms with E-state index in [-0.39, 0.29) is 32.0 Å². The predicted molar refractivity (Wildman–Crippen MR) is 253 cm³/mol. The largest absolute Gasteiger partial charge is 0.467 e. The van der Waals surface area contributed by atoms with Crippen LogP contribution in [0.25, 0.3) is 10.4 Å². The van der Waals surface area contributed by atoms with Gasteiger partial charge in [-0.2, -0.15) is 0 Å². The molecule has 5 aromatic carbocycles. The smallest absolute Gasteiger partial charge is 0.338 e. The van der Waals surface area contributed by atoms with Gasteiger partial charge in [-0.1, -0.05) is 179 Å². The molecule has 7 rings (SSSR count). The first-order valence-electron chi connectivity index (χ1n) is 21.8. The van der Waals surface area contributed by atoms with Crippen molar-refractivity contribution in [2.75, 3.05) is 13.7 Å². The number of carbonyl (C=O) groups excluding carboxylic acids is 2. The van der Waals surface area contributed by atoms with Gasteiger partial charge < -0.3 is 47.4 Å². The summed E-state index contributed by atoms with van der Waals surface area (Å²) < 4.78 is 61.0. The maximum absolute atomic E-state index is 14.0. The number of nitrogens with one attached hydrogen (secondary N) is 1. The zero-order valence-corrected chi connectivity index (χ0v) is 39.4. The lowest BCUT2D eigenvalue weighted by Gasteiger charge is -2.49. The minimum absolute atomic E-state index is 0.0150. The van der Waals surface area contributed by atoms with Crippen molar-refractivity contribution in [3.05, 3.63) is 190 Å². The number of alkyl halides is 3. The highest BCUT2D eigenvalue weighted by Gasteiger charge is 2.57. The van der Waals surface area contributed by atoms with Crippen LogP contribution in [0.1, 0.15) is 32.6 Å². The highest BCUT2D eigenvalue weighted by Crippen LogP contribution is 2.38. The third-order valence-electron chi connectivity index (χ3n) is 11.0. The number of azide groups is 1. The van der Waals surface area contributed by atoms with Crippen LogP contribution in [-0.4, -0.2) is 96.7 Å². The lowest BCUT2D eigenvalue weighted by molar-refractivity contribution is -0.346. The molecule has 69 heavy (non-hydrogen) atoms. The fourth-order valence-electron chi connectivity index (χ4n) is 7.66. The monoisotopic (exact) mass is 1000 g/mol. The van der Waals surface area contributed by atoms with Crippen molar-refractivity contribution in [1.29, 1.82) is 5.41 Å². The molecule has 0 spiro atoms. The van der Waals surface area contributed by atoms with Crippen LogP contribution in [0.3, 0.4) is 0 Å². The molecule has 0 aromatic heterocycles. The van der Waals surface area contributed by atoms with Crippen molar-refractivity contribution >= 4 is 52.6 Å². The molecule has 19 heteroatoms. The number of ether oxygens (including phenoxy) is 10. The number of rotatable bonds is 20. The Balaban J connectivity index is 1.31. The number of hydrogen-bond donors (Lipinski definition) is 1. The topological polar surface area (TPSA) is 199 Å². The number of methoxy groups -OCH3 is 1. The van der Waals surface area contributed by atoms with Crippen LogP contribution in [0.15, 0.2) is 157 Å². The van der Waals surface area contributed by atoms with Gasteiger partial charge in [0.2, 0.25) is 12.2 Å². The first-order valence-corrected chi connectivity index (χ1v) is 22.9. The molecule has 16 nitrogen and oxygen atoms in total. The van der Waals surface area contributed by atoms with Gasteiger partial charge in [0, 0.05) is 4.91 Å². The molecule has 2 aliphatic heterocycles. The van der Waals surface area contributed by atoms with E-state index in [1.165, 1.54) is 0 Å². The van der Waals surface area contributed by atoms with Crippen molar-refractivity contribution in [2.45, 2.75) is 91.6 Å². The van der Waals surface area contributed by atoms with Crippen LogP contribution in [0.5, 0.6) is 0 Å². The van der Waals surface area contributed by atoms with E-state index in [0.29, 0.717) is 0 Å². The molecule has 2 saturated heterocycles. The molecule has 10 atom stereocenters. The van der Waals surface area contributed by atoms with E-state index in [0.717, 1.165) is 29.4 Å². The molecule has 0 aliphatic carbocycles. The second kappa shape index (κ2) is 25.3. The average molecular weight is 1000 g/mol. The maximum Gasteiger partial charge on any atom is 0.338 e. The standard InChI is InChI=1S/C50H49Cl3N4O12/c1-60-46(59)43-42(41(63-29-34-21-11-4-12-22-34)44(64-30-35-23-13-5-14-24-35)48(68-43)69-49(54)50(51,52)53)67-47-38(56-57-55)40(62-28-33-19-9-3-10-20-33)39(61-27-32-17-7-2-8-18-32)37(66-47)31-65-45(58)36-25-15-6-16-26-36/h2-26,37-44,47-48,54H,27-31H2,1H3/t37?,38?,39-,40-,41-,42+,43?,44?,47+,48?/m1/s1. The van der Waals surface area contributed by atoms with E-state index in [4.69, 9.17) is 87.6 Å². The second-order valence-corrected chi connectivity index (χ2v) is 18.0. The molecule has 2 heterocycles. The third-order valence-corrected chi connectivity index (χ3v) is 11.6. The summed E-state index contributed by atoms with van der Waals surface area (Å²) in [6.07, 6.45) is -12.6. The van der Waals surface area contributed by atoms with Crippen molar-refractivity contribution in [3.63, 3.8) is 0 Å². The number of hydrogen-bond acceptors (Lipinski definition) is 14. The Kier molecular flexibility index (Phi) is 18.8. The van der Waals surface area contributed by atoms with E-state index in [1.54, 1.807) is 30.3 Å². The average Bonchev–Trinajstić information content (AvgIpc) is 3.37. The summed E-state index contributed by atoms with van der Waals surface area (Å²) >= 11 is 18.3. The van der Waals surface area contributed by atoms with Gasteiger partial charge in [0.05, 0.1) is 39.1 Å². The summed E-state index contributed by atoms with van der Waals surface area (Å²) in [5, 5.41) is 12.7. The minimum atomic E-state index is -2.35. The molecular formula is C50H49Cl3N4O12. The molecule has 5 unspecified atom stereocenters. The summed E-state index contributed by atoms with van der Waals surface area (Å²) in [4.78, 5) is 30.7. The Bertz CT molecular complexity index is 2440. The van der Waals surface area contributed by atoms with Crippen molar-refractivity contribution in [3.8, 4) is 0 Å². The van der Waals surface area contributed by atoms with Gasteiger partial charge in [0.15, 0.2) is 12.4 Å². The summed E-state index contributed by atoms with van der Waals surface area (Å²) in [7, 11) is 1.14. The number of carbonyl (C=O) groups is 2. The van der Waals surface area contributed by atoms with Crippen molar-refractivity contribution in [2.24, 2.45) is 5.11 Å². The normalized spacial score (nSPS) is 24.6. The Hall–Kier alpha value is -5.59. The highest BCUT2D eigenvalue weighted by molar-refractivity contribution is 6.76. The van der Waals surface area contributed by atoms with Crippen LogP contribution < -0.4 is 0 Å². The minimum Gasteiger partial charge on any atom is -0.467 e. The van der Waals surface area contributed by atoms with Crippen molar-refractivity contribution in [1.82, 2.24) is 0 Å². The molecule has 362 valence electrons. The van der Waals surface area contributed by atoms with E-state index in [2.05, 4.69) is 10.0 Å². The zero-order valence-electron chi connectivity index (χ0n) is 37.1. The molecule has 0 radical (unpaired) electrons. The first kappa shape index (κ1) is 51.3. The van der Waals surface area contributed by atoms with E-state index in [1.807, 2.05) is 121 Å². The van der Waals surface area contributed by atoms with Crippen LogP contribution >= 0.6 is 34.8 Å². The molecular weight excluding hydrogens is 955 g/mol. The van der Waals surface area contributed by atoms with Gasteiger partial charge in [-0.25, -0.2) is 9.59 Å². The lowest BCUT2D eigenvalue weighted by atomic mass is 9.94. The Morgan fingerprint density at radius 2 is 1.07 bits per heavy atom. The Morgan fingerprint density at radius 1 is 0.623 bits per heavy atom. The first-order chi connectivity index (χ1) is 33.5. The summed E-state index contributed by atoms with van der Waals surface area (Å²) in [5.74, 6) is -2.46. The summed E-state index contributed by atoms with van der Waals surface area (Å²) in [6, 6.07) is 43.9. The van der Waals surface area contributed by atoms with Gasteiger partial charge >= 0.3 is 11.9 Å². The van der Waals surface area contributed by atoms with Gasteiger partial charge in [-0.05, 0) is 39.9 Å². The fraction of sp³-hybridized carbons (Fsp3) is 0.340. The van der Waals surface area contributed by atoms with Crippen LogP contribution in [0.4, 0.5) is 0 Å². The highest BCUT2D eigenvalue weighted by atomic mass is 35.6. The molecule has 1 N–H and O–H groups in total. The van der Waals surface area contributed by atoms with Crippen LogP contribution in [0, 0.1) is 5.41 Å². The lowest BCUT2D eigenvalue weighted by Crippen LogP contribution is -2.66. The molecule has 5 aromatic rings. The predicted octanol–water partition coefficient (Wildman–Crippen LogP) is 9.24. The SMILES string of the molecule is COC(=O)C1OC(OC(=N)C(Cl)(Cl)Cl)C(OCc2ccccc2)[C@H](OCc2ccccc2)[C@@H]1O[C@@H]1OC(COC(=O)c2ccccc2)[C@@H](OCc2ccccc2)[C@H](OCc2ccccc2)C1N=[N+]=[N-]. The summed E-state index contributed by atoms with van der Waals surface area (Å²) in [6.45, 7) is -0.446. The van der Waals surface area contributed by atoms with Gasteiger partial charge in [0.1, 0.15) is 49.3 Å². The van der Waals surface area contributed by atoms with Gasteiger partial charge in [-0.15, -0.1) is 0 Å². The number of benzene rings is 5.